The van der Waals surface area contributed by atoms with Gasteiger partial charge in [0.1, 0.15) is 5.69 Å². The third-order valence-corrected chi connectivity index (χ3v) is 4.05. The van der Waals surface area contributed by atoms with Gasteiger partial charge in [0, 0.05) is 24.0 Å². The Morgan fingerprint density at radius 3 is 2.78 bits per heavy atom. The highest BCUT2D eigenvalue weighted by Gasteiger charge is 2.13. The van der Waals surface area contributed by atoms with Crippen LogP contribution in [0.4, 0.5) is 4.79 Å². The van der Waals surface area contributed by atoms with Crippen molar-refractivity contribution in [1.82, 2.24) is 24.6 Å². The molecule has 27 heavy (non-hydrogen) atoms. The second-order valence-electron chi connectivity index (χ2n) is 5.93. The lowest BCUT2D eigenvalue weighted by atomic mass is 10.2. The summed E-state index contributed by atoms with van der Waals surface area (Å²) in [5.74, 6) is 0.748. The monoisotopic (exact) mass is 360 g/mol. The first-order valence-electron chi connectivity index (χ1n) is 8.27. The van der Waals surface area contributed by atoms with Gasteiger partial charge in [0.25, 0.3) is 0 Å². The number of fused-ring (bicyclic) bond motifs is 1. The summed E-state index contributed by atoms with van der Waals surface area (Å²) in [6, 6.07) is 7.38. The Morgan fingerprint density at radius 1 is 1.11 bits per heavy atom. The second-order valence-corrected chi connectivity index (χ2v) is 5.93. The number of carbonyl (C=O) groups excluding carboxylic acids is 1. The fourth-order valence-corrected chi connectivity index (χ4v) is 2.73. The number of aromatic nitrogens is 5. The van der Waals surface area contributed by atoms with E-state index in [1.807, 2.05) is 31.2 Å². The second kappa shape index (κ2) is 6.83. The molecule has 0 unspecified atom stereocenters. The van der Waals surface area contributed by atoms with E-state index in [4.69, 9.17) is 4.74 Å². The fourth-order valence-electron chi connectivity index (χ4n) is 2.73. The van der Waals surface area contributed by atoms with E-state index in [1.165, 1.54) is 6.20 Å². The van der Waals surface area contributed by atoms with E-state index < -0.39 is 6.09 Å². The van der Waals surface area contributed by atoms with Crippen molar-refractivity contribution >= 4 is 17.0 Å². The van der Waals surface area contributed by atoms with Crippen LogP contribution in [0.5, 0.6) is 5.75 Å². The molecule has 0 aromatic carbocycles. The molecule has 0 saturated heterocycles. The first kappa shape index (κ1) is 16.6. The van der Waals surface area contributed by atoms with E-state index in [9.17, 15) is 4.79 Å². The van der Waals surface area contributed by atoms with Gasteiger partial charge in [0.05, 0.1) is 23.6 Å². The number of pyridine rings is 2. The highest BCUT2D eigenvalue weighted by atomic mass is 16.6. The Labute approximate surface area is 154 Å². The summed E-state index contributed by atoms with van der Waals surface area (Å²) < 4.78 is 6.94. The molecule has 1 amide bonds. The maximum atomic E-state index is 12.3. The Kier molecular flexibility index (Phi) is 4.21. The number of amides is 1. The Hall–Kier alpha value is -3.81. The molecule has 134 valence electrons. The van der Waals surface area contributed by atoms with Gasteiger partial charge in [0.2, 0.25) is 0 Å². The van der Waals surface area contributed by atoms with Crippen molar-refractivity contribution in [1.29, 1.82) is 0 Å². The minimum atomic E-state index is -0.645. The molecule has 0 saturated carbocycles. The molecule has 0 aliphatic heterocycles. The van der Waals surface area contributed by atoms with E-state index >= 15 is 0 Å². The van der Waals surface area contributed by atoms with Gasteiger partial charge in [-0.3, -0.25) is 14.6 Å². The van der Waals surface area contributed by atoms with Crippen LogP contribution in [0.15, 0.2) is 55.2 Å². The lowest BCUT2D eigenvalue weighted by molar-refractivity contribution is 0.211. The van der Waals surface area contributed by atoms with Crippen molar-refractivity contribution in [3.63, 3.8) is 0 Å². The van der Waals surface area contributed by atoms with Gasteiger partial charge in [-0.15, -0.1) is 0 Å². The highest BCUT2D eigenvalue weighted by Crippen LogP contribution is 2.20. The van der Waals surface area contributed by atoms with Crippen molar-refractivity contribution < 1.29 is 9.53 Å². The number of nitrogens with one attached hydrogen (secondary N) is 1. The van der Waals surface area contributed by atoms with Crippen LogP contribution in [0.25, 0.3) is 22.4 Å². The van der Waals surface area contributed by atoms with Gasteiger partial charge < -0.3 is 4.74 Å². The van der Waals surface area contributed by atoms with Gasteiger partial charge in [-0.1, -0.05) is 6.07 Å². The van der Waals surface area contributed by atoms with Crippen LogP contribution < -0.4 is 10.2 Å². The Balaban J connectivity index is 1.53. The van der Waals surface area contributed by atoms with Crippen LogP contribution in [-0.2, 0) is 0 Å². The average Bonchev–Trinajstić information content (AvgIpc) is 3.00. The first-order chi connectivity index (χ1) is 13.1. The van der Waals surface area contributed by atoms with Crippen molar-refractivity contribution in [2.24, 2.45) is 0 Å². The van der Waals surface area contributed by atoms with Crippen LogP contribution in [0.2, 0.25) is 0 Å². The van der Waals surface area contributed by atoms with Crippen molar-refractivity contribution in [3.8, 4) is 17.3 Å². The number of hydrogen-bond donors (Lipinski definition) is 1. The molecule has 0 aliphatic rings. The SMILES string of the molecule is Cc1nc(-c2ccccn2)ncc1OC(=O)Nn1cc(C)c2ccncc21. The predicted molar refractivity (Wildman–Crippen MR) is 99.9 cm³/mol. The zero-order valence-corrected chi connectivity index (χ0v) is 14.7. The number of carbonyl (C=O) groups is 1. The third kappa shape index (κ3) is 3.32. The van der Waals surface area contributed by atoms with E-state index in [1.54, 1.807) is 36.4 Å². The van der Waals surface area contributed by atoms with Gasteiger partial charge in [-0.05, 0) is 37.6 Å². The standard InChI is InChI=1S/C19H16N6O2/c1-12-11-25(16-9-20-8-6-14(12)16)24-19(26)27-17-10-22-18(23-13(17)2)15-5-3-4-7-21-15/h3-11H,1-2H3,(H,24,26). The van der Waals surface area contributed by atoms with Crippen LogP contribution in [-0.4, -0.2) is 30.7 Å². The molecule has 0 radical (unpaired) electrons. The molecule has 1 N–H and O–H groups in total. The highest BCUT2D eigenvalue weighted by molar-refractivity contribution is 5.86. The molecule has 8 heteroatoms. The van der Waals surface area contributed by atoms with Crippen molar-refractivity contribution in [3.05, 3.63) is 66.5 Å². The normalized spacial score (nSPS) is 10.7. The van der Waals surface area contributed by atoms with Crippen LogP contribution in [0, 0.1) is 13.8 Å². The van der Waals surface area contributed by atoms with Crippen molar-refractivity contribution in [2.45, 2.75) is 13.8 Å². The summed E-state index contributed by atoms with van der Waals surface area (Å²) in [7, 11) is 0. The molecular weight excluding hydrogens is 344 g/mol. The molecule has 0 atom stereocenters. The number of hydrogen-bond acceptors (Lipinski definition) is 6. The Morgan fingerprint density at radius 2 is 2.00 bits per heavy atom. The molecule has 0 bridgehead atoms. The minimum absolute atomic E-state index is 0.276. The summed E-state index contributed by atoms with van der Waals surface area (Å²) in [5.41, 5.74) is 5.67. The smallest absolute Gasteiger partial charge is 0.406 e. The molecule has 0 aliphatic carbocycles. The average molecular weight is 360 g/mol. The lowest BCUT2D eigenvalue weighted by Gasteiger charge is -2.10. The maximum absolute atomic E-state index is 12.3. The van der Waals surface area contributed by atoms with Crippen LogP contribution in [0.3, 0.4) is 0 Å². The van der Waals surface area contributed by atoms with Gasteiger partial charge >= 0.3 is 6.09 Å². The molecule has 0 spiro atoms. The van der Waals surface area contributed by atoms with E-state index in [-0.39, 0.29) is 5.75 Å². The van der Waals surface area contributed by atoms with E-state index in [0.717, 1.165) is 16.5 Å². The molecule has 8 nitrogen and oxygen atoms in total. The van der Waals surface area contributed by atoms with E-state index in [0.29, 0.717) is 17.2 Å². The first-order valence-corrected chi connectivity index (χ1v) is 8.27. The lowest BCUT2D eigenvalue weighted by Crippen LogP contribution is -2.25. The summed E-state index contributed by atoms with van der Waals surface area (Å²) in [4.78, 5) is 29.2. The summed E-state index contributed by atoms with van der Waals surface area (Å²) in [6.07, 6.45) is 7.69. The van der Waals surface area contributed by atoms with E-state index in [2.05, 4.69) is 25.4 Å². The fraction of sp³-hybridized carbons (Fsp3) is 0.105. The van der Waals surface area contributed by atoms with Gasteiger partial charge in [-0.2, -0.15) is 0 Å². The number of aryl methyl sites for hydroxylation is 2. The number of nitrogens with zero attached hydrogens (tertiary/aromatic N) is 5. The van der Waals surface area contributed by atoms with Gasteiger partial charge in [-0.25, -0.2) is 20.2 Å². The third-order valence-electron chi connectivity index (χ3n) is 4.05. The largest absolute Gasteiger partial charge is 0.432 e. The molecular formula is C19H16N6O2. The quantitative estimate of drug-likeness (QED) is 0.603. The maximum Gasteiger partial charge on any atom is 0.432 e. The molecule has 4 aromatic heterocycles. The van der Waals surface area contributed by atoms with Gasteiger partial charge in [0.15, 0.2) is 11.6 Å². The summed E-state index contributed by atoms with van der Waals surface area (Å²) in [6.45, 7) is 3.70. The summed E-state index contributed by atoms with van der Waals surface area (Å²) >= 11 is 0. The van der Waals surface area contributed by atoms with Crippen LogP contribution in [0.1, 0.15) is 11.3 Å². The number of ether oxygens (including phenoxy) is 1. The topological polar surface area (TPSA) is 94.8 Å². The minimum Gasteiger partial charge on any atom is -0.406 e. The number of rotatable bonds is 3. The molecule has 0 fully saturated rings. The molecule has 4 heterocycles. The van der Waals surface area contributed by atoms with Crippen molar-refractivity contribution in [2.75, 3.05) is 5.43 Å². The van der Waals surface area contributed by atoms with Crippen LogP contribution >= 0.6 is 0 Å². The molecule has 4 aromatic rings. The molecule has 4 rings (SSSR count). The predicted octanol–water partition coefficient (Wildman–Crippen LogP) is 3.25. The summed E-state index contributed by atoms with van der Waals surface area (Å²) in [5, 5.41) is 1.00. The zero-order valence-electron chi connectivity index (χ0n) is 14.7. The zero-order chi connectivity index (χ0) is 18.8. The Bertz CT molecular complexity index is 1120.